The number of aromatic nitrogens is 1. The van der Waals surface area contributed by atoms with Gasteiger partial charge in [0.15, 0.2) is 0 Å². The number of carbonyl (C=O) groups is 4. The molecule has 0 bridgehead atoms. The topological polar surface area (TPSA) is 242 Å². The number of amides is 3. The van der Waals surface area contributed by atoms with E-state index in [9.17, 15) is 24.3 Å². The Hall–Kier alpha value is -6.34. The number of ether oxygens (including phenoxy) is 7. The number of carbonyl (C=O) groups excluding carboxylic acids is 4. The van der Waals surface area contributed by atoms with Crippen LogP contribution in [0.1, 0.15) is 57.2 Å². The Labute approximate surface area is 391 Å². The molecule has 2 atom stereocenters. The molecule has 0 fully saturated rings. The number of esters is 1. The van der Waals surface area contributed by atoms with Gasteiger partial charge in [0, 0.05) is 36.0 Å². The van der Waals surface area contributed by atoms with Crippen LogP contribution in [0.3, 0.4) is 0 Å². The molecule has 0 spiro atoms. The number of azide groups is 1. The fraction of sp³-hybridized carbons (Fsp3) is 0.479. The first-order chi connectivity index (χ1) is 32.3. The normalized spacial score (nSPS) is 12.1. The lowest BCUT2D eigenvalue weighted by molar-refractivity contribution is -0.141. The van der Waals surface area contributed by atoms with Crippen molar-refractivity contribution < 1.29 is 57.4 Å². The predicted molar refractivity (Wildman–Crippen MR) is 250 cm³/mol. The highest BCUT2D eigenvalue weighted by atomic mass is 16.6. The number of nitrogens with one attached hydrogen (secondary N) is 2. The van der Waals surface area contributed by atoms with Crippen LogP contribution in [0.2, 0.25) is 0 Å². The maximum atomic E-state index is 13.5. The largest absolute Gasteiger partial charge is 0.491 e. The summed E-state index contributed by atoms with van der Waals surface area (Å²) in [5, 5.41) is 20.8. The van der Waals surface area contributed by atoms with Gasteiger partial charge in [-0.05, 0) is 85.5 Å². The number of nitrogens with zero attached hydrogens (tertiary/aromatic N) is 5. The summed E-state index contributed by atoms with van der Waals surface area (Å²) in [5.74, 6) is -0.723. The lowest BCUT2D eigenvalue weighted by atomic mass is 9.95. The molecule has 3 amide bonds. The van der Waals surface area contributed by atoms with Crippen molar-refractivity contribution in [3.05, 3.63) is 101 Å². The van der Waals surface area contributed by atoms with Crippen LogP contribution in [0, 0.1) is 6.92 Å². The number of hydrogen-bond donors (Lipinski definition) is 3. The van der Waals surface area contributed by atoms with Gasteiger partial charge in [-0.15, -0.1) is 0 Å². The van der Waals surface area contributed by atoms with Gasteiger partial charge in [0.25, 0.3) is 0 Å². The zero-order valence-corrected chi connectivity index (χ0v) is 38.9. The van der Waals surface area contributed by atoms with Gasteiger partial charge in [-0.2, -0.15) is 0 Å². The van der Waals surface area contributed by atoms with E-state index >= 15 is 0 Å². The Morgan fingerprint density at radius 1 is 0.836 bits per heavy atom. The Bertz CT molecular complexity index is 2230. The SMILES string of the molecule is COC(=O)C[C@H](NC(=O)[C@H](CO)NC(=O)CCCN(C(=O)OC(C)(C)C)c1cc(C)ccn1)c1ccc(-c2ccc(OCCOCCOCCOCCOCCN=[N+]=[N-])c3ccccc23)cc1. The molecule has 4 aromatic rings. The lowest BCUT2D eigenvalue weighted by Crippen LogP contribution is -2.50. The molecule has 362 valence electrons. The lowest BCUT2D eigenvalue weighted by Gasteiger charge is -2.27. The van der Waals surface area contributed by atoms with Gasteiger partial charge in [0.1, 0.15) is 29.8 Å². The average Bonchev–Trinajstić information content (AvgIpc) is 3.31. The molecule has 3 aromatic carbocycles. The van der Waals surface area contributed by atoms with Crippen LogP contribution in [0.15, 0.2) is 84.1 Å². The number of pyridine rings is 1. The quantitative estimate of drug-likeness (QED) is 0.0176. The number of benzene rings is 3. The molecule has 0 aliphatic heterocycles. The van der Waals surface area contributed by atoms with Gasteiger partial charge in [-0.25, -0.2) is 9.78 Å². The number of aryl methyl sites for hydroxylation is 1. The molecule has 0 radical (unpaired) electrons. The number of hydrogen-bond acceptors (Lipinski definition) is 14. The molecule has 0 aliphatic carbocycles. The third-order valence-electron chi connectivity index (χ3n) is 9.83. The van der Waals surface area contributed by atoms with Gasteiger partial charge in [0.2, 0.25) is 11.8 Å². The zero-order valence-electron chi connectivity index (χ0n) is 38.9. The van der Waals surface area contributed by atoms with E-state index in [0.717, 1.165) is 27.5 Å². The highest BCUT2D eigenvalue weighted by Crippen LogP contribution is 2.35. The molecular formula is C48H63N7O12. The van der Waals surface area contributed by atoms with Crippen LogP contribution in [0.5, 0.6) is 5.75 Å². The van der Waals surface area contributed by atoms with Crippen molar-refractivity contribution in [2.45, 2.75) is 64.6 Å². The maximum absolute atomic E-state index is 13.5. The first-order valence-corrected chi connectivity index (χ1v) is 22.1. The summed E-state index contributed by atoms with van der Waals surface area (Å²) in [6.45, 7) is 10.4. The van der Waals surface area contributed by atoms with E-state index in [2.05, 4.69) is 25.6 Å². The minimum absolute atomic E-state index is 0.0744. The van der Waals surface area contributed by atoms with Crippen molar-refractivity contribution in [3.8, 4) is 16.9 Å². The van der Waals surface area contributed by atoms with E-state index in [0.29, 0.717) is 83.1 Å². The van der Waals surface area contributed by atoms with E-state index in [1.54, 1.807) is 51.2 Å². The van der Waals surface area contributed by atoms with Crippen molar-refractivity contribution in [2.75, 3.05) is 91.2 Å². The highest BCUT2D eigenvalue weighted by molar-refractivity contribution is 6.00. The summed E-state index contributed by atoms with van der Waals surface area (Å²) in [6, 6.07) is 20.5. The molecule has 0 saturated heterocycles. The van der Waals surface area contributed by atoms with Crippen molar-refractivity contribution in [2.24, 2.45) is 5.11 Å². The van der Waals surface area contributed by atoms with E-state index < -0.39 is 48.2 Å². The van der Waals surface area contributed by atoms with Crippen LogP contribution >= 0.6 is 0 Å². The summed E-state index contributed by atoms with van der Waals surface area (Å²) in [5.41, 5.74) is 10.8. The fourth-order valence-electron chi connectivity index (χ4n) is 6.58. The second-order valence-electron chi connectivity index (χ2n) is 16.1. The average molecular weight is 930 g/mol. The number of aliphatic hydroxyl groups is 1. The van der Waals surface area contributed by atoms with Gasteiger partial charge in [0.05, 0.1) is 79.0 Å². The Balaban J connectivity index is 1.30. The molecule has 4 rings (SSSR count). The van der Waals surface area contributed by atoms with Crippen molar-refractivity contribution in [1.82, 2.24) is 15.6 Å². The number of anilines is 1. The van der Waals surface area contributed by atoms with Crippen molar-refractivity contribution in [3.63, 3.8) is 0 Å². The zero-order chi connectivity index (χ0) is 48.4. The minimum Gasteiger partial charge on any atom is -0.491 e. The molecule has 1 heterocycles. The fourth-order valence-corrected chi connectivity index (χ4v) is 6.58. The molecule has 19 heteroatoms. The Morgan fingerprint density at radius 3 is 2.09 bits per heavy atom. The maximum Gasteiger partial charge on any atom is 0.416 e. The summed E-state index contributed by atoms with van der Waals surface area (Å²) in [4.78, 5) is 60.5. The molecule has 3 N–H and O–H groups in total. The number of rotatable bonds is 29. The smallest absolute Gasteiger partial charge is 0.416 e. The van der Waals surface area contributed by atoms with Crippen LogP contribution < -0.4 is 20.3 Å². The second-order valence-corrected chi connectivity index (χ2v) is 16.1. The van der Waals surface area contributed by atoms with Crippen LogP contribution in [0.4, 0.5) is 10.6 Å². The number of methoxy groups -OCH3 is 1. The van der Waals surface area contributed by atoms with Gasteiger partial charge in [-0.3, -0.25) is 19.3 Å². The van der Waals surface area contributed by atoms with E-state index in [1.165, 1.54) is 12.0 Å². The summed E-state index contributed by atoms with van der Waals surface area (Å²) in [7, 11) is 1.25. The number of aliphatic hydroxyl groups excluding tert-OH is 1. The molecular weight excluding hydrogens is 867 g/mol. The Kier molecular flexibility index (Phi) is 22.8. The third kappa shape index (κ3) is 18.8. The molecule has 0 aliphatic rings. The van der Waals surface area contributed by atoms with Crippen LogP contribution in [-0.2, 0) is 42.8 Å². The first kappa shape index (κ1) is 53.3. The summed E-state index contributed by atoms with van der Waals surface area (Å²) in [6.07, 6.45) is 0.892. The highest BCUT2D eigenvalue weighted by Gasteiger charge is 2.27. The molecule has 67 heavy (non-hydrogen) atoms. The standard InChI is InChI=1S/C48H63N7O12/c1-34-18-19-50-43(31-34)55(47(60)67-48(2,3)4)21-8-11-44(57)52-41(33-56)46(59)53-40(32-45(58)61-5)36-14-12-35(13-15-36)37-16-17-42(39-10-7-6-9-38(37)39)66-30-29-65-28-27-64-26-25-63-24-23-62-22-20-51-54-49/h6-7,9-10,12-19,31,40-41,56H,8,11,20-30,32-33H2,1-5H3,(H,52,57)(H,53,59)/t40-,41-/m0/s1. The summed E-state index contributed by atoms with van der Waals surface area (Å²) >= 11 is 0. The van der Waals surface area contributed by atoms with Crippen LogP contribution in [-0.4, -0.2) is 132 Å². The first-order valence-electron chi connectivity index (χ1n) is 22.1. The molecule has 0 unspecified atom stereocenters. The molecule has 1 aromatic heterocycles. The summed E-state index contributed by atoms with van der Waals surface area (Å²) < 4.78 is 38.5. The molecule has 19 nitrogen and oxygen atoms in total. The van der Waals surface area contributed by atoms with E-state index in [-0.39, 0.29) is 25.8 Å². The molecule has 0 saturated carbocycles. The van der Waals surface area contributed by atoms with Crippen LogP contribution in [0.25, 0.3) is 32.3 Å². The minimum atomic E-state index is -1.32. The van der Waals surface area contributed by atoms with Crippen molar-refractivity contribution >= 4 is 40.5 Å². The van der Waals surface area contributed by atoms with Gasteiger partial charge >= 0.3 is 12.1 Å². The third-order valence-corrected chi connectivity index (χ3v) is 9.83. The van der Waals surface area contributed by atoms with E-state index in [1.807, 2.05) is 55.5 Å². The van der Waals surface area contributed by atoms with E-state index in [4.69, 9.17) is 38.7 Å². The van der Waals surface area contributed by atoms with Crippen molar-refractivity contribution in [1.29, 1.82) is 0 Å². The van der Waals surface area contributed by atoms with Gasteiger partial charge in [-0.1, -0.05) is 59.7 Å². The number of fused-ring (bicyclic) bond motifs is 1. The van der Waals surface area contributed by atoms with Gasteiger partial charge < -0.3 is 48.9 Å². The Morgan fingerprint density at radius 2 is 1.48 bits per heavy atom. The predicted octanol–water partition coefficient (Wildman–Crippen LogP) is 6.39. The second kappa shape index (κ2) is 28.6. The monoisotopic (exact) mass is 929 g/mol.